The summed E-state index contributed by atoms with van der Waals surface area (Å²) in [7, 11) is 0. The molecule has 0 bridgehead atoms. The first kappa shape index (κ1) is 30.4. The second-order valence-electron chi connectivity index (χ2n) is 12.6. The first-order valence-corrected chi connectivity index (χ1v) is 15.2. The van der Waals surface area contributed by atoms with Gasteiger partial charge in [-0.05, 0) is 70.9 Å². The highest BCUT2D eigenvalue weighted by Crippen LogP contribution is 2.31. The Balaban J connectivity index is 1.12. The summed E-state index contributed by atoms with van der Waals surface area (Å²) in [6.45, 7) is 11.5. The molecule has 10 nitrogen and oxygen atoms in total. The Labute approximate surface area is 235 Å². The lowest BCUT2D eigenvalue weighted by atomic mass is 9.82. The van der Waals surface area contributed by atoms with E-state index in [4.69, 9.17) is 9.47 Å². The summed E-state index contributed by atoms with van der Waals surface area (Å²) in [6.07, 6.45) is -2.81. The number of carbonyl (C=O) groups excluding carboxylic acids is 1. The van der Waals surface area contributed by atoms with Gasteiger partial charge in [0.15, 0.2) is 6.10 Å². The van der Waals surface area contributed by atoms with E-state index >= 15 is 0 Å². The van der Waals surface area contributed by atoms with E-state index in [0.29, 0.717) is 30.3 Å². The minimum absolute atomic E-state index is 0.0511. The van der Waals surface area contributed by atoms with Gasteiger partial charge in [-0.1, -0.05) is 6.92 Å². The van der Waals surface area contributed by atoms with Crippen molar-refractivity contribution in [3.63, 3.8) is 0 Å². The molecule has 5 fully saturated rings. The molecule has 40 heavy (non-hydrogen) atoms. The standard InChI is InChI=1S/C27H48F3N7O3/c1-15-4-5-19(34-25(38)23-24(27(28,29)30)40-17(3)33-23)11-22(15)36-26-32-7-6-21(35-26)18-10-20(13-31-12-18)37-8-9-39-16(2)14-37/h15-24,26,31-33,35-36H,4-14H2,1-3H3,(H,34,38)/t15?,16-,17?,18?,19?,20?,21?,22?,23?,24?,26?/m0/s1. The molecule has 5 rings (SSSR count). The summed E-state index contributed by atoms with van der Waals surface area (Å²) in [5.41, 5.74) is 0. The molecular weight excluding hydrogens is 527 g/mol. The minimum atomic E-state index is -4.60. The van der Waals surface area contributed by atoms with E-state index in [9.17, 15) is 18.0 Å². The van der Waals surface area contributed by atoms with E-state index in [1.54, 1.807) is 0 Å². The third kappa shape index (κ3) is 7.47. The normalized spacial score (nSPS) is 43.9. The van der Waals surface area contributed by atoms with Crippen LogP contribution in [-0.2, 0) is 14.3 Å². The van der Waals surface area contributed by atoms with Gasteiger partial charge in [0.05, 0.1) is 12.7 Å². The van der Waals surface area contributed by atoms with Crippen molar-refractivity contribution in [3.05, 3.63) is 0 Å². The third-order valence-corrected chi connectivity index (χ3v) is 9.50. The summed E-state index contributed by atoms with van der Waals surface area (Å²) in [4.78, 5) is 15.4. The number of hydrogen-bond acceptors (Lipinski definition) is 9. The molecule has 4 saturated heterocycles. The van der Waals surface area contributed by atoms with Crippen molar-refractivity contribution in [2.45, 2.75) is 114 Å². The fraction of sp³-hybridized carbons (Fsp3) is 0.963. The van der Waals surface area contributed by atoms with Crippen LogP contribution in [0, 0.1) is 11.8 Å². The molecule has 6 N–H and O–H groups in total. The molecular formula is C27H48F3N7O3. The second-order valence-corrected chi connectivity index (χ2v) is 12.6. The number of piperidine rings is 1. The zero-order chi connectivity index (χ0) is 28.4. The van der Waals surface area contributed by atoms with Gasteiger partial charge < -0.3 is 20.1 Å². The maximum atomic E-state index is 13.4. The van der Waals surface area contributed by atoms with Gasteiger partial charge in [-0.25, -0.2) is 0 Å². The van der Waals surface area contributed by atoms with Crippen LogP contribution in [0.5, 0.6) is 0 Å². The van der Waals surface area contributed by atoms with E-state index in [-0.39, 0.29) is 24.5 Å². The lowest BCUT2D eigenvalue weighted by Gasteiger charge is -2.46. The zero-order valence-corrected chi connectivity index (χ0v) is 23.9. The summed E-state index contributed by atoms with van der Waals surface area (Å²) >= 11 is 0. The monoisotopic (exact) mass is 575 g/mol. The number of halogens is 3. The van der Waals surface area contributed by atoms with Crippen molar-refractivity contribution in [1.29, 1.82) is 0 Å². The highest BCUT2D eigenvalue weighted by Gasteiger charge is 2.53. The first-order chi connectivity index (χ1) is 19.1. The van der Waals surface area contributed by atoms with Crippen LogP contribution in [0.4, 0.5) is 13.2 Å². The van der Waals surface area contributed by atoms with Gasteiger partial charge in [-0.3, -0.25) is 31.0 Å². The van der Waals surface area contributed by atoms with Crippen molar-refractivity contribution >= 4 is 5.91 Å². The maximum absolute atomic E-state index is 13.4. The van der Waals surface area contributed by atoms with E-state index in [0.717, 1.165) is 65.0 Å². The molecule has 1 saturated carbocycles. The van der Waals surface area contributed by atoms with Gasteiger partial charge in [-0.2, -0.15) is 13.2 Å². The molecule has 11 atom stereocenters. The predicted octanol–water partition coefficient (Wildman–Crippen LogP) is 0.449. The summed E-state index contributed by atoms with van der Waals surface area (Å²) in [5, 5.41) is 20.3. The molecule has 13 heteroatoms. The number of ether oxygens (including phenoxy) is 2. The van der Waals surface area contributed by atoms with Crippen LogP contribution in [0.25, 0.3) is 0 Å². The van der Waals surface area contributed by atoms with Crippen molar-refractivity contribution < 1.29 is 27.4 Å². The highest BCUT2D eigenvalue weighted by molar-refractivity contribution is 5.83. The zero-order valence-electron chi connectivity index (χ0n) is 23.9. The van der Waals surface area contributed by atoms with Crippen molar-refractivity contribution in [2.24, 2.45) is 11.8 Å². The van der Waals surface area contributed by atoms with E-state index < -0.39 is 30.5 Å². The van der Waals surface area contributed by atoms with Gasteiger partial charge in [0.25, 0.3) is 0 Å². The number of alkyl halides is 3. The molecule has 0 aromatic rings. The number of morpholine rings is 1. The predicted molar refractivity (Wildman–Crippen MR) is 144 cm³/mol. The number of carbonyl (C=O) groups is 1. The highest BCUT2D eigenvalue weighted by atomic mass is 19.4. The average molecular weight is 576 g/mol. The lowest BCUT2D eigenvalue weighted by Crippen LogP contribution is -2.67. The van der Waals surface area contributed by atoms with Crippen LogP contribution >= 0.6 is 0 Å². The molecule has 4 aliphatic heterocycles. The molecule has 230 valence electrons. The Morgan fingerprint density at radius 3 is 2.65 bits per heavy atom. The molecule has 10 unspecified atom stereocenters. The molecule has 0 radical (unpaired) electrons. The summed E-state index contributed by atoms with van der Waals surface area (Å²) in [5.74, 6) is 0.272. The SMILES string of the molecule is CC1NC(C(=O)NC2CCC(C)C(NC3NCCC(C4CNCC(N5CCO[C@@H](C)C5)C4)N3)C2)C(C(F)(F)F)O1. The van der Waals surface area contributed by atoms with E-state index in [2.05, 4.69) is 50.6 Å². The van der Waals surface area contributed by atoms with Gasteiger partial charge in [0.2, 0.25) is 5.91 Å². The van der Waals surface area contributed by atoms with Gasteiger partial charge in [0.1, 0.15) is 18.6 Å². The second kappa shape index (κ2) is 13.1. The molecule has 4 heterocycles. The third-order valence-electron chi connectivity index (χ3n) is 9.50. The average Bonchev–Trinajstić information content (AvgIpc) is 3.33. The number of nitrogens with zero attached hydrogens (tertiary/aromatic N) is 1. The van der Waals surface area contributed by atoms with Crippen LogP contribution < -0.4 is 31.9 Å². The van der Waals surface area contributed by atoms with Crippen LogP contribution in [-0.4, -0.2) is 111 Å². The van der Waals surface area contributed by atoms with Crippen LogP contribution in [0.1, 0.15) is 52.9 Å². The Hall–Kier alpha value is -1.06. The maximum Gasteiger partial charge on any atom is 0.416 e. The smallest absolute Gasteiger partial charge is 0.376 e. The Bertz CT molecular complexity index is 855. The number of hydrogen-bond donors (Lipinski definition) is 6. The van der Waals surface area contributed by atoms with Crippen molar-refractivity contribution in [1.82, 2.24) is 36.8 Å². The number of rotatable bonds is 6. The quantitative estimate of drug-likeness (QED) is 0.269. The molecule has 0 spiro atoms. The van der Waals surface area contributed by atoms with E-state index in [1.165, 1.54) is 6.92 Å². The Morgan fingerprint density at radius 1 is 1.05 bits per heavy atom. The van der Waals surface area contributed by atoms with Gasteiger partial charge >= 0.3 is 6.18 Å². The summed E-state index contributed by atoms with van der Waals surface area (Å²) < 4.78 is 50.9. The molecule has 1 amide bonds. The fourth-order valence-corrected chi connectivity index (χ4v) is 7.28. The number of nitrogens with one attached hydrogen (secondary N) is 6. The van der Waals surface area contributed by atoms with Crippen molar-refractivity contribution in [2.75, 3.05) is 39.3 Å². The van der Waals surface area contributed by atoms with Gasteiger partial charge in [-0.15, -0.1) is 0 Å². The molecule has 0 aromatic heterocycles. The molecule has 0 aromatic carbocycles. The van der Waals surface area contributed by atoms with Gasteiger partial charge in [0, 0.05) is 43.8 Å². The molecule has 1 aliphatic carbocycles. The lowest BCUT2D eigenvalue weighted by molar-refractivity contribution is -0.216. The largest absolute Gasteiger partial charge is 0.416 e. The Morgan fingerprint density at radius 2 is 1.88 bits per heavy atom. The van der Waals surface area contributed by atoms with Crippen LogP contribution in [0.15, 0.2) is 0 Å². The van der Waals surface area contributed by atoms with Crippen LogP contribution in [0.3, 0.4) is 0 Å². The van der Waals surface area contributed by atoms with Crippen LogP contribution in [0.2, 0.25) is 0 Å². The fourth-order valence-electron chi connectivity index (χ4n) is 7.28. The summed E-state index contributed by atoms with van der Waals surface area (Å²) in [6, 6.07) is -0.588. The topological polar surface area (TPSA) is 111 Å². The van der Waals surface area contributed by atoms with E-state index in [1.807, 2.05) is 0 Å². The minimum Gasteiger partial charge on any atom is -0.376 e. The number of amides is 1. The Kier molecular flexibility index (Phi) is 9.93. The first-order valence-electron chi connectivity index (χ1n) is 15.2. The van der Waals surface area contributed by atoms with Crippen molar-refractivity contribution in [3.8, 4) is 0 Å². The molecule has 5 aliphatic rings.